The molecule has 0 amide bonds. The van der Waals surface area contributed by atoms with Crippen LogP contribution < -0.4 is 0 Å². The standard InChI is InChI=1S/C7H7ClO2/c8-7-2-1-5(10-7)3-6-4-9-6/h1-2,6H,3-4H2. The zero-order chi connectivity index (χ0) is 6.97. The number of rotatable bonds is 2. The molecule has 0 N–H and O–H groups in total. The summed E-state index contributed by atoms with van der Waals surface area (Å²) in [5, 5.41) is 0.454. The summed E-state index contributed by atoms with van der Waals surface area (Å²) < 4.78 is 10.1. The van der Waals surface area contributed by atoms with Crippen molar-refractivity contribution < 1.29 is 9.15 Å². The Kier molecular flexibility index (Phi) is 1.43. The maximum atomic E-state index is 5.56. The van der Waals surface area contributed by atoms with E-state index in [2.05, 4.69) is 0 Å². The van der Waals surface area contributed by atoms with Gasteiger partial charge in [-0.25, -0.2) is 0 Å². The molecule has 2 rings (SSSR count). The van der Waals surface area contributed by atoms with Gasteiger partial charge in [0, 0.05) is 6.42 Å². The third-order valence-electron chi connectivity index (χ3n) is 1.46. The lowest BCUT2D eigenvalue weighted by Gasteiger charge is -1.87. The van der Waals surface area contributed by atoms with Crippen molar-refractivity contribution in [1.29, 1.82) is 0 Å². The maximum Gasteiger partial charge on any atom is 0.193 e. The molecule has 0 bridgehead atoms. The van der Waals surface area contributed by atoms with Crippen LogP contribution in [0, 0.1) is 0 Å². The molecule has 1 aliphatic rings. The van der Waals surface area contributed by atoms with Gasteiger partial charge in [0.15, 0.2) is 5.22 Å². The molecule has 1 fully saturated rings. The van der Waals surface area contributed by atoms with Gasteiger partial charge < -0.3 is 9.15 Å². The molecule has 2 heterocycles. The molecular formula is C7H7ClO2. The summed E-state index contributed by atoms with van der Waals surface area (Å²) in [5.41, 5.74) is 0. The lowest BCUT2D eigenvalue weighted by atomic mass is 10.3. The largest absolute Gasteiger partial charge is 0.450 e. The van der Waals surface area contributed by atoms with Crippen LogP contribution in [0.3, 0.4) is 0 Å². The number of halogens is 1. The number of hydrogen-bond donors (Lipinski definition) is 0. The second-order valence-corrected chi connectivity index (χ2v) is 2.74. The van der Waals surface area contributed by atoms with Crippen LogP contribution >= 0.6 is 11.6 Å². The van der Waals surface area contributed by atoms with Crippen molar-refractivity contribution in [3.63, 3.8) is 0 Å². The molecule has 1 atom stereocenters. The predicted octanol–water partition coefficient (Wildman–Crippen LogP) is 1.87. The van der Waals surface area contributed by atoms with Crippen molar-refractivity contribution in [2.45, 2.75) is 12.5 Å². The van der Waals surface area contributed by atoms with Crippen molar-refractivity contribution in [2.24, 2.45) is 0 Å². The Hall–Kier alpha value is -0.470. The lowest BCUT2D eigenvalue weighted by molar-refractivity contribution is 0.389. The Balaban J connectivity index is 2.03. The molecule has 3 heteroatoms. The Morgan fingerprint density at radius 2 is 2.40 bits per heavy atom. The molecule has 1 saturated heterocycles. The van der Waals surface area contributed by atoms with E-state index in [0.717, 1.165) is 18.8 Å². The van der Waals surface area contributed by atoms with E-state index in [1.165, 1.54) is 0 Å². The van der Waals surface area contributed by atoms with Crippen LogP contribution in [0.15, 0.2) is 16.5 Å². The summed E-state index contributed by atoms with van der Waals surface area (Å²) in [6.07, 6.45) is 1.23. The van der Waals surface area contributed by atoms with Crippen LogP contribution in [0.1, 0.15) is 5.76 Å². The zero-order valence-corrected chi connectivity index (χ0v) is 6.10. The fourth-order valence-electron chi connectivity index (χ4n) is 0.872. The number of ether oxygens (including phenoxy) is 1. The fraction of sp³-hybridized carbons (Fsp3) is 0.429. The molecule has 1 unspecified atom stereocenters. The van der Waals surface area contributed by atoms with Gasteiger partial charge in [0.2, 0.25) is 0 Å². The molecule has 0 spiro atoms. The van der Waals surface area contributed by atoms with Gasteiger partial charge in [0.05, 0.1) is 12.7 Å². The second kappa shape index (κ2) is 2.29. The van der Waals surface area contributed by atoms with Crippen LogP contribution in [0.25, 0.3) is 0 Å². The molecule has 0 radical (unpaired) electrons. The molecule has 1 aliphatic heterocycles. The molecule has 0 saturated carbocycles. The number of furan rings is 1. The highest BCUT2D eigenvalue weighted by Gasteiger charge is 2.23. The highest BCUT2D eigenvalue weighted by Crippen LogP contribution is 2.19. The fourth-order valence-corrected chi connectivity index (χ4v) is 1.03. The molecule has 54 valence electrons. The normalized spacial score (nSPS) is 23.1. The smallest absolute Gasteiger partial charge is 0.193 e. The molecule has 1 aromatic rings. The maximum absolute atomic E-state index is 5.56. The quantitative estimate of drug-likeness (QED) is 0.615. The van der Waals surface area contributed by atoms with Gasteiger partial charge >= 0.3 is 0 Å². The van der Waals surface area contributed by atoms with E-state index in [0.29, 0.717) is 11.3 Å². The first kappa shape index (κ1) is 6.25. The third-order valence-corrected chi connectivity index (χ3v) is 1.66. The van der Waals surface area contributed by atoms with Crippen molar-refractivity contribution >= 4 is 11.6 Å². The molecule has 2 nitrogen and oxygen atoms in total. The van der Waals surface area contributed by atoms with Gasteiger partial charge in [-0.3, -0.25) is 0 Å². The van der Waals surface area contributed by atoms with Gasteiger partial charge in [-0.15, -0.1) is 0 Å². The van der Waals surface area contributed by atoms with E-state index >= 15 is 0 Å². The summed E-state index contributed by atoms with van der Waals surface area (Å²) >= 11 is 5.56. The van der Waals surface area contributed by atoms with Gasteiger partial charge in [-0.2, -0.15) is 0 Å². The van der Waals surface area contributed by atoms with Crippen LogP contribution in [0.5, 0.6) is 0 Å². The third kappa shape index (κ3) is 1.33. The molecular weight excluding hydrogens is 152 g/mol. The minimum atomic E-state index is 0.377. The van der Waals surface area contributed by atoms with Crippen LogP contribution in [-0.2, 0) is 11.2 Å². The lowest BCUT2D eigenvalue weighted by Crippen LogP contribution is -1.88. The van der Waals surface area contributed by atoms with E-state index in [-0.39, 0.29) is 0 Å². The van der Waals surface area contributed by atoms with Crippen LogP contribution in [0.2, 0.25) is 5.22 Å². The van der Waals surface area contributed by atoms with E-state index in [4.69, 9.17) is 20.8 Å². The summed E-state index contributed by atoms with van der Waals surface area (Å²) in [6, 6.07) is 3.63. The second-order valence-electron chi connectivity index (χ2n) is 2.37. The zero-order valence-electron chi connectivity index (χ0n) is 5.34. The Labute approximate surface area is 63.7 Å². The highest BCUT2D eigenvalue weighted by atomic mass is 35.5. The number of epoxide rings is 1. The Bertz CT molecular complexity index is 227. The van der Waals surface area contributed by atoms with Crippen molar-refractivity contribution in [2.75, 3.05) is 6.61 Å². The van der Waals surface area contributed by atoms with E-state index in [1.54, 1.807) is 6.07 Å². The summed E-state index contributed by atoms with van der Waals surface area (Å²) in [4.78, 5) is 0. The minimum Gasteiger partial charge on any atom is -0.450 e. The van der Waals surface area contributed by atoms with E-state index in [1.807, 2.05) is 6.07 Å². The monoisotopic (exact) mass is 158 g/mol. The average Bonchev–Trinajstić information content (AvgIpc) is 2.59. The highest BCUT2D eigenvalue weighted by molar-refractivity contribution is 6.28. The molecule has 1 aromatic heterocycles. The average molecular weight is 159 g/mol. The summed E-state index contributed by atoms with van der Waals surface area (Å²) in [7, 11) is 0. The van der Waals surface area contributed by atoms with E-state index < -0.39 is 0 Å². The van der Waals surface area contributed by atoms with Crippen molar-refractivity contribution in [3.8, 4) is 0 Å². The molecule has 10 heavy (non-hydrogen) atoms. The topological polar surface area (TPSA) is 25.7 Å². The Morgan fingerprint density at radius 1 is 1.60 bits per heavy atom. The summed E-state index contributed by atoms with van der Waals surface area (Å²) in [6.45, 7) is 0.859. The van der Waals surface area contributed by atoms with Gasteiger partial charge in [0.25, 0.3) is 0 Å². The minimum absolute atomic E-state index is 0.377. The Morgan fingerprint density at radius 3 is 2.90 bits per heavy atom. The first-order valence-electron chi connectivity index (χ1n) is 3.20. The van der Waals surface area contributed by atoms with Crippen molar-refractivity contribution in [1.82, 2.24) is 0 Å². The summed E-state index contributed by atoms with van der Waals surface area (Å²) in [5.74, 6) is 0.910. The van der Waals surface area contributed by atoms with Gasteiger partial charge in [-0.05, 0) is 23.7 Å². The van der Waals surface area contributed by atoms with Crippen LogP contribution in [0.4, 0.5) is 0 Å². The van der Waals surface area contributed by atoms with Crippen LogP contribution in [-0.4, -0.2) is 12.7 Å². The predicted molar refractivity (Wildman–Crippen MR) is 37.2 cm³/mol. The molecule has 0 aromatic carbocycles. The van der Waals surface area contributed by atoms with E-state index in [9.17, 15) is 0 Å². The number of hydrogen-bond acceptors (Lipinski definition) is 2. The van der Waals surface area contributed by atoms with Gasteiger partial charge in [0.1, 0.15) is 5.76 Å². The van der Waals surface area contributed by atoms with Crippen molar-refractivity contribution in [3.05, 3.63) is 23.1 Å². The SMILES string of the molecule is Clc1ccc(CC2CO2)o1. The molecule has 0 aliphatic carbocycles. The first-order chi connectivity index (χ1) is 4.84. The first-order valence-corrected chi connectivity index (χ1v) is 3.58. The van der Waals surface area contributed by atoms with Gasteiger partial charge in [-0.1, -0.05) is 0 Å².